The quantitative estimate of drug-likeness (QED) is 0.472. The number of hydrogen-bond acceptors (Lipinski definition) is 0. The second kappa shape index (κ2) is 9.80. The fourth-order valence-electron chi connectivity index (χ4n) is 1.25. The average Bonchev–Trinajstić information content (AvgIpc) is 2.60. The van der Waals surface area contributed by atoms with Gasteiger partial charge in [0.1, 0.15) is 0 Å². The molecule has 0 bridgehead atoms. The van der Waals surface area contributed by atoms with Crippen LogP contribution in [0.3, 0.4) is 0 Å². The smallest absolute Gasteiger partial charge is 0.00973 e. The third-order valence-electron chi connectivity index (χ3n) is 2.23. The molecule has 0 heteroatoms. The molecule has 16 heavy (non-hydrogen) atoms. The first kappa shape index (κ1) is 14.3. The lowest BCUT2D eigenvalue weighted by Crippen LogP contribution is -1.76. The second-order valence-corrected chi connectivity index (χ2v) is 3.42. The zero-order valence-corrected chi connectivity index (χ0v) is 10.0. The van der Waals surface area contributed by atoms with Crippen molar-refractivity contribution in [2.75, 3.05) is 0 Å². The molecule has 1 aliphatic rings. The van der Waals surface area contributed by atoms with Crippen molar-refractivity contribution in [3.05, 3.63) is 60.3 Å². The molecule has 0 aromatic carbocycles. The van der Waals surface area contributed by atoms with Crippen molar-refractivity contribution in [1.82, 2.24) is 0 Å². The SMILES string of the molecule is C#C.C=C(/C=C\CC1=CCC=CC=C1)CC. The summed E-state index contributed by atoms with van der Waals surface area (Å²) in [7, 11) is 0. The lowest BCUT2D eigenvalue weighted by atomic mass is 10.1. The Hall–Kier alpha value is -1.74. The summed E-state index contributed by atoms with van der Waals surface area (Å²) in [6.07, 6.45) is 26.2. The van der Waals surface area contributed by atoms with Crippen molar-refractivity contribution in [3.63, 3.8) is 0 Å². The van der Waals surface area contributed by atoms with Crippen LogP contribution < -0.4 is 0 Å². The standard InChI is InChI=1S/C14H18.C2H2/c1-3-13(2)9-8-12-14-10-6-4-5-7-11-14;1-2/h4-6,8-11H,2-3,7,12H2,1H3;1-2H/b9-8-;. The van der Waals surface area contributed by atoms with Crippen LogP contribution in [0, 0.1) is 12.8 Å². The Morgan fingerprint density at radius 3 is 2.88 bits per heavy atom. The van der Waals surface area contributed by atoms with E-state index in [1.165, 1.54) is 11.1 Å². The van der Waals surface area contributed by atoms with E-state index in [1.54, 1.807) is 0 Å². The zero-order valence-electron chi connectivity index (χ0n) is 10.0. The van der Waals surface area contributed by atoms with Crippen molar-refractivity contribution in [2.45, 2.75) is 26.2 Å². The molecule has 0 aliphatic heterocycles. The van der Waals surface area contributed by atoms with Crippen LogP contribution in [0.25, 0.3) is 0 Å². The van der Waals surface area contributed by atoms with Gasteiger partial charge in [-0.1, -0.05) is 61.6 Å². The van der Waals surface area contributed by atoms with E-state index < -0.39 is 0 Å². The summed E-state index contributed by atoms with van der Waals surface area (Å²) in [6.45, 7) is 6.06. The van der Waals surface area contributed by atoms with E-state index >= 15 is 0 Å². The third kappa shape index (κ3) is 6.68. The molecule has 0 fully saturated rings. The summed E-state index contributed by atoms with van der Waals surface area (Å²) in [5.74, 6) is 0. The Labute approximate surface area is 99.8 Å². The van der Waals surface area contributed by atoms with Crippen LogP contribution >= 0.6 is 0 Å². The third-order valence-corrected chi connectivity index (χ3v) is 2.23. The van der Waals surface area contributed by atoms with Gasteiger partial charge < -0.3 is 0 Å². The minimum absolute atomic E-state index is 1.01. The summed E-state index contributed by atoms with van der Waals surface area (Å²) in [5, 5.41) is 0. The van der Waals surface area contributed by atoms with Crippen molar-refractivity contribution in [3.8, 4) is 12.8 Å². The fourth-order valence-corrected chi connectivity index (χ4v) is 1.25. The molecule has 0 saturated carbocycles. The molecule has 0 spiro atoms. The highest BCUT2D eigenvalue weighted by Gasteiger charge is 1.90. The molecule has 0 unspecified atom stereocenters. The van der Waals surface area contributed by atoms with Crippen LogP contribution in [0.5, 0.6) is 0 Å². The Morgan fingerprint density at radius 1 is 1.44 bits per heavy atom. The van der Waals surface area contributed by atoms with Gasteiger partial charge in [0.05, 0.1) is 0 Å². The van der Waals surface area contributed by atoms with Crippen molar-refractivity contribution >= 4 is 0 Å². The van der Waals surface area contributed by atoms with Gasteiger partial charge in [0.2, 0.25) is 0 Å². The summed E-state index contributed by atoms with van der Waals surface area (Å²) >= 11 is 0. The minimum atomic E-state index is 1.01. The fraction of sp³-hybridized carbons (Fsp3) is 0.250. The van der Waals surface area contributed by atoms with Crippen molar-refractivity contribution < 1.29 is 0 Å². The van der Waals surface area contributed by atoms with Gasteiger partial charge in [0.15, 0.2) is 0 Å². The number of terminal acetylenes is 1. The molecule has 1 aliphatic carbocycles. The highest BCUT2D eigenvalue weighted by Crippen LogP contribution is 2.10. The number of allylic oxidation sites excluding steroid dienone is 9. The Kier molecular flexibility index (Phi) is 8.74. The summed E-state index contributed by atoms with van der Waals surface area (Å²) < 4.78 is 0. The summed E-state index contributed by atoms with van der Waals surface area (Å²) in [6, 6.07) is 0. The van der Waals surface area contributed by atoms with Gasteiger partial charge in [-0.15, -0.1) is 12.8 Å². The molecule has 0 radical (unpaired) electrons. The largest absolute Gasteiger partial charge is 0.124 e. The van der Waals surface area contributed by atoms with E-state index in [0.29, 0.717) is 0 Å². The summed E-state index contributed by atoms with van der Waals surface area (Å²) in [5.41, 5.74) is 2.58. The van der Waals surface area contributed by atoms with Crippen molar-refractivity contribution in [2.24, 2.45) is 0 Å². The minimum Gasteiger partial charge on any atom is -0.124 e. The molecular weight excluding hydrogens is 192 g/mol. The van der Waals surface area contributed by atoms with Crippen LogP contribution in [0.15, 0.2) is 60.3 Å². The van der Waals surface area contributed by atoms with E-state index in [2.05, 4.69) is 68.9 Å². The molecule has 0 atom stereocenters. The van der Waals surface area contributed by atoms with E-state index in [-0.39, 0.29) is 0 Å². The first-order valence-electron chi connectivity index (χ1n) is 5.53. The highest BCUT2D eigenvalue weighted by molar-refractivity contribution is 5.29. The van der Waals surface area contributed by atoms with Gasteiger partial charge in [-0.25, -0.2) is 0 Å². The molecule has 0 aromatic heterocycles. The van der Waals surface area contributed by atoms with Crippen LogP contribution in [-0.4, -0.2) is 0 Å². The van der Waals surface area contributed by atoms with Gasteiger partial charge in [-0.2, -0.15) is 0 Å². The molecule has 0 heterocycles. The normalized spacial score (nSPS) is 13.8. The highest BCUT2D eigenvalue weighted by atomic mass is 14.0. The maximum Gasteiger partial charge on any atom is -0.00973 e. The monoisotopic (exact) mass is 212 g/mol. The Bertz CT molecular complexity index is 332. The molecular formula is C16H20. The maximum absolute atomic E-state index is 4.00. The number of rotatable bonds is 4. The van der Waals surface area contributed by atoms with Gasteiger partial charge in [-0.05, 0) is 24.8 Å². The molecule has 0 N–H and O–H groups in total. The van der Waals surface area contributed by atoms with Crippen LogP contribution in [0.2, 0.25) is 0 Å². The van der Waals surface area contributed by atoms with Gasteiger partial charge in [0.25, 0.3) is 0 Å². The van der Waals surface area contributed by atoms with Crippen LogP contribution in [0.1, 0.15) is 26.2 Å². The summed E-state index contributed by atoms with van der Waals surface area (Å²) in [4.78, 5) is 0. The van der Waals surface area contributed by atoms with Crippen LogP contribution in [0.4, 0.5) is 0 Å². The molecule has 84 valence electrons. The van der Waals surface area contributed by atoms with Gasteiger partial charge in [-0.3, -0.25) is 0 Å². The predicted octanol–water partition coefficient (Wildman–Crippen LogP) is 4.59. The molecule has 0 nitrogen and oxygen atoms in total. The predicted molar refractivity (Wildman–Crippen MR) is 74.1 cm³/mol. The second-order valence-electron chi connectivity index (χ2n) is 3.42. The molecule has 1 rings (SSSR count). The lowest BCUT2D eigenvalue weighted by molar-refractivity contribution is 1.15. The van der Waals surface area contributed by atoms with Crippen LogP contribution in [-0.2, 0) is 0 Å². The first-order valence-corrected chi connectivity index (χ1v) is 5.53. The van der Waals surface area contributed by atoms with E-state index in [9.17, 15) is 0 Å². The molecule has 0 saturated heterocycles. The maximum atomic E-state index is 4.00. The Balaban J connectivity index is 0.00000106. The van der Waals surface area contributed by atoms with Gasteiger partial charge in [0, 0.05) is 0 Å². The lowest BCUT2D eigenvalue weighted by Gasteiger charge is -1.96. The molecule has 0 amide bonds. The van der Waals surface area contributed by atoms with E-state index in [1.807, 2.05) is 0 Å². The van der Waals surface area contributed by atoms with Crippen molar-refractivity contribution in [1.29, 1.82) is 0 Å². The topological polar surface area (TPSA) is 0 Å². The number of hydrogen-bond donors (Lipinski definition) is 0. The zero-order chi connectivity index (χ0) is 12.2. The first-order chi connectivity index (χ1) is 7.83. The van der Waals surface area contributed by atoms with Gasteiger partial charge >= 0.3 is 0 Å². The average molecular weight is 212 g/mol. The van der Waals surface area contributed by atoms with E-state index in [0.717, 1.165) is 19.3 Å². The Morgan fingerprint density at radius 2 is 2.19 bits per heavy atom. The molecule has 0 aromatic rings. The van der Waals surface area contributed by atoms with E-state index in [4.69, 9.17) is 0 Å².